The minimum atomic E-state index is 0.737. The number of likely N-dealkylation sites (tertiary alicyclic amines) is 1. The quantitative estimate of drug-likeness (QED) is 0.723. The zero-order valence-corrected chi connectivity index (χ0v) is 13.6. The Kier molecular flexibility index (Phi) is 4.96. The molecule has 0 spiro atoms. The number of aryl methyl sites for hydroxylation is 1. The van der Waals surface area contributed by atoms with Gasteiger partial charge in [0.25, 0.3) is 0 Å². The van der Waals surface area contributed by atoms with Crippen LogP contribution in [-0.2, 0) is 18.3 Å². The van der Waals surface area contributed by atoms with E-state index in [-0.39, 0.29) is 0 Å². The van der Waals surface area contributed by atoms with Crippen molar-refractivity contribution in [2.45, 2.75) is 63.5 Å². The van der Waals surface area contributed by atoms with Crippen LogP contribution < -0.4 is 0 Å². The lowest BCUT2D eigenvalue weighted by molar-refractivity contribution is 0.116. The molecule has 0 aromatic carbocycles. The number of rotatable bonds is 7. The minimum Gasteiger partial charge on any atom is -0.385 e. The number of ether oxygens (including phenoxy) is 1. The summed E-state index contributed by atoms with van der Waals surface area (Å²) >= 11 is 0. The molecule has 4 heteroatoms. The Bertz CT molecular complexity index is 453. The van der Waals surface area contributed by atoms with E-state index in [0.29, 0.717) is 0 Å². The standard InChI is InChI=1S/C17H29N3O/c1-19-17(14-8-9-14)15(12-18-19)13-20-10-4-3-6-16(20)7-5-11-21-2/h12,14,16H,3-11,13H2,1-2H3/t16-/m0/s1. The maximum Gasteiger partial charge on any atom is 0.0537 e. The van der Waals surface area contributed by atoms with Crippen LogP contribution in [0.25, 0.3) is 0 Å². The van der Waals surface area contributed by atoms with Gasteiger partial charge in [-0.15, -0.1) is 0 Å². The SMILES string of the molecule is COCCC[C@@H]1CCCCN1Cc1cnn(C)c1C1CC1. The predicted octanol–water partition coefficient (Wildman–Crippen LogP) is 3.08. The van der Waals surface area contributed by atoms with Crippen molar-refractivity contribution in [1.82, 2.24) is 14.7 Å². The second kappa shape index (κ2) is 6.93. The summed E-state index contributed by atoms with van der Waals surface area (Å²) in [5, 5.41) is 4.51. The third kappa shape index (κ3) is 3.67. The largest absolute Gasteiger partial charge is 0.385 e. The normalized spacial score (nSPS) is 23.6. The summed E-state index contributed by atoms with van der Waals surface area (Å²) in [5.74, 6) is 0.782. The fraction of sp³-hybridized carbons (Fsp3) is 0.824. The first-order valence-corrected chi connectivity index (χ1v) is 8.53. The van der Waals surface area contributed by atoms with Crippen molar-refractivity contribution in [3.8, 4) is 0 Å². The number of nitrogens with zero attached hydrogens (tertiary/aromatic N) is 3. The molecule has 0 radical (unpaired) electrons. The van der Waals surface area contributed by atoms with Crippen molar-refractivity contribution in [2.75, 3.05) is 20.3 Å². The molecule has 1 saturated heterocycles. The van der Waals surface area contributed by atoms with Crippen LogP contribution in [0.1, 0.15) is 62.1 Å². The number of piperidine rings is 1. The Morgan fingerprint density at radius 2 is 2.14 bits per heavy atom. The summed E-state index contributed by atoms with van der Waals surface area (Å²) in [6.45, 7) is 3.23. The lowest BCUT2D eigenvalue weighted by Crippen LogP contribution is -2.39. The van der Waals surface area contributed by atoms with Gasteiger partial charge < -0.3 is 4.74 Å². The zero-order chi connectivity index (χ0) is 14.7. The van der Waals surface area contributed by atoms with Crippen molar-refractivity contribution in [3.05, 3.63) is 17.5 Å². The second-order valence-electron chi connectivity index (χ2n) is 6.71. The molecule has 1 aliphatic heterocycles. The molecule has 0 unspecified atom stereocenters. The van der Waals surface area contributed by atoms with Crippen molar-refractivity contribution in [3.63, 3.8) is 0 Å². The second-order valence-corrected chi connectivity index (χ2v) is 6.71. The van der Waals surface area contributed by atoms with Crippen LogP contribution >= 0.6 is 0 Å². The van der Waals surface area contributed by atoms with E-state index in [4.69, 9.17) is 4.74 Å². The maximum atomic E-state index is 5.22. The topological polar surface area (TPSA) is 30.3 Å². The van der Waals surface area contributed by atoms with E-state index in [1.54, 1.807) is 7.11 Å². The van der Waals surface area contributed by atoms with E-state index in [2.05, 4.69) is 27.9 Å². The highest BCUT2D eigenvalue weighted by Crippen LogP contribution is 2.41. The molecule has 4 nitrogen and oxygen atoms in total. The van der Waals surface area contributed by atoms with Crippen molar-refractivity contribution >= 4 is 0 Å². The molecular weight excluding hydrogens is 262 g/mol. The lowest BCUT2D eigenvalue weighted by atomic mass is 9.97. The molecule has 0 amide bonds. The fourth-order valence-corrected chi connectivity index (χ4v) is 3.77. The third-order valence-electron chi connectivity index (χ3n) is 5.04. The number of methoxy groups -OCH3 is 1. The first kappa shape index (κ1) is 15.0. The first-order chi connectivity index (χ1) is 10.3. The molecule has 118 valence electrons. The van der Waals surface area contributed by atoms with E-state index in [0.717, 1.165) is 25.1 Å². The van der Waals surface area contributed by atoms with Gasteiger partial charge in [-0.2, -0.15) is 5.10 Å². The molecule has 2 aliphatic rings. The summed E-state index contributed by atoms with van der Waals surface area (Å²) in [4.78, 5) is 2.70. The molecule has 1 aliphatic carbocycles. The monoisotopic (exact) mass is 291 g/mol. The van der Waals surface area contributed by atoms with Crippen molar-refractivity contribution in [1.29, 1.82) is 0 Å². The van der Waals surface area contributed by atoms with Crippen molar-refractivity contribution in [2.24, 2.45) is 7.05 Å². The van der Waals surface area contributed by atoms with Gasteiger partial charge >= 0.3 is 0 Å². The van der Waals surface area contributed by atoms with Gasteiger partial charge in [0.05, 0.1) is 6.20 Å². The Morgan fingerprint density at radius 1 is 1.29 bits per heavy atom. The number of aromatic nitrogens is 2. The lowest BCUT2D eigenvalue weighted by Gasteiger charge is -2.36. The molecule has 1 atom stereocenters. The molecular formula is C17H29N3O. The van der Waals surface area contributed by atoms with Crippen LogP contribution in [0.15, 0.2) is 6.20 Å². The Morgan fingerprint density at radius 3 is 2.90 bits per heavy atom. The van der Waals surface area contributed by atoms with Gasteiger partial charge in [-0.1, -0.05) is 6.42 Å². The first-order valence-electron chi connectivity index (χ1n) is 8.53. The molecule has 21 heavy (non-hydrogen) atoms. The molecule has 0 bridgehead atoms. The van der Waals surface area contributed by atoms with Gasteiger partial charge in [0.15, 0.2) is 0 Å². The molecule has 1 aromatic heterocycles. The zero-order valence-electron chi connectivity index (χ0n) is 13.6. The summed E-state index contributed by atoms with van der Waals surface area (Å²) in [6, 6.07) is 0.737. The highest BCUT2D eigenvalue weighted by atomic mass is 16.5. The third-order valence-corrected chi connectivity index (χ3v) is 5.04. The number of hydrogen-bond donors (Lipinski definition) is 0. The van der Waals surface area contributed by atoms with E-state index in [9.17, 15) is 0 Å². The molecule has 1 saturated carbocycles. The Hall–Kier alpha value is -0.870. The van der Waals surface area contributed by atoms with Gasteiger partial charge in [0.1, 0.15) is 0 Å². The summed E-state index contributed by atoms with van der Waals surface area (Å²) in [7, 11) is 3.90. The number of hydrogen-bond acceptors (Lipinski definition) is 3. The van der Waals surface area contributed by atoms with Crippen LogP contribution in [0.2, 0.25) is 0 Å². The van der Waals surface area contributed by atoms with Gasteiger partial charge in [-0.25, -0.2) is 0 Å². The molecule has 3 rings (SSSR count). The highest BCUT2D eigenvalue weighted by molar-refractivity contribution is 5.25. The summed E-state index contributed by atoms with van der Waals surface area (Å²) in [5.41, 5.74) is 2.97. The van der Waals surface area contributed by atoms with Gasteiger partial charge in [-0.3, -0.25) is 9.58 Å². The van der Waals surface area contributed by atoms with Gasteiger partial charge in [0.2, 0.25) is 0 Å². The molecule has 2 heterocycles. The van der Waals surface area contributed by atoms with Crippen LogP contribution in [0.5, 0.6) is 0 Å². The van der Waals surface area contributed by atoms with E-state index in [1.165, 1.54) is 62.7 Å². The van der Waals surface area contributed by atoms with Crippen LogP contribution in [0.4, 0.5) is 0 Å². The van der Waals surface area contributed by atoms with Crippen LogP contribution in [0.3, 0.4) is 0 Å². The van der Waals surface area contributed by atoms with E-state index in [1.807, 2.05) is 0 Å². The van der Waals surface area contributed by atoms with E-state index >= 15 is 0 Å². The minimum absolute atomic E-state index is 0.737. The Labute approximate surface area is 128 Å². The predicted molar refractivity (Wildman–Crippen MR) is 84.3 cm³/mol. The van der Waals surface area contributed by atoms with Crippen molar-refractivity contribution < 1.29 is 4.74 Å². The highest BCUT2D eigenvalue weighted by Gasteiger charge is 2.31. The smallest absolute Gasteiger partial charge is 0.0537 e. The molecule has 0 N–H and O–H groups in total. The van der Waals surface area contributed by atoms with Gasteiger partial charge in [-0.05, 0) is 45.1 Å². The maximum absolute atomic E-state index is 5.22. The van der Waals surface area contributed by atoms with Gasteiger partial charge in [0, 0.05) is 50.5 Å². The summed E-state index contributed by atoms with van der Waals surface area (Å²) < 4.78 is 7.32. The average molecular weight is 291 g/mol. The van der Waals surface area contributed by atoms with E-state index < -0.39 is 0 Å². The molecule has 1 aromatic rings. The average Bonchev–Trinajstić information content (AvgIpc) is 3.26. The summed E-state index contributed by atoms with van der Waals surface area (Å²) in [6.07, 6.45) is 11.3. The Balaban J connectivity index is 1.64. The van der Waals surface area contributed by atoms with Crippen LogP contribution in [-0.4, -0.2) is 41.0 Å². The fourth-order valence-electron chi connectivity index (χ4n) is 3.77. The van der Waals surface area contributed by atoms with Crippen LogP contribution in [0, 0.1) is 0 Å². The molecule has 2 fully saturated rings.